The summed E-state index contributed by atoms with van der Waals surface area (Å²) in [6, 6.07) is 0. The van der Waals surface area contributed by atoms with Crippen molar-refractivity contribution in [2.45, 2.75) is 56.6 Å². The minimum absolute atomic E-state index is 0.372. The fourth-order valence-corrected chi connectivity index (χ4v) is 4.09. The van der Waals surface area contributed by atoms with Crippen molar-refractivity contribution in [1.82, 2.24) is 9.97 Å². The maximum atomic E-state index is 4.49. The van der Waals surface area contributed by atoms with Gasteiger partial charge in [-0.3, -0.25) is 0 Å². The van der Waals surface area contributed by atoms with Crippen LogP contribution in [0.2, 0.25) is 0 Å². The van der Waals surface area contributed by atoms with Crippen molar-refractivity contribution in [2.75, 3.05) is 30.5 Å². The van der Waals surface area contributed by atoms with Crippen LogP contribution in [0.3, 0.4) is 0 Å². The van der Waals surface area contributed by atoms with Crippen molar-refractivity contribution in [3.63, 3.8) is 0 Å². The minimum atomic E-state index is 0.372. The van der Waals surface area contributed by atoms with Crippen LogP contribution < -0.4 is 10.6 Å². The van der Waals surface area contributed by atoms with Crippen LogP contribution in [-0.4, -0.2) is 34.6 Å². The van der Waals surface area contributed by atoms with Gasteiger partial charge in [0, 0.05) is 23.9 Å². The van der Waals surface area contributed by atoms with Crippen LogP contribution in [0.15, 0.2) is 6.33 Å². The number of hydrogen-bond acceptors (Lipinski definition) is 5. The molecule has 1 aromatic heterocycles. The van der Waals surface area contributed by atoms with E-state index in [9.17, 15) is 0 Å². The predicted octanol–water partition coefficient (Wildman–Crippen LogP) is 4.12. The Bertz CT molecular complexity index is 456. The maximum absolute atomic E-state index is 4.49. The molecule has 1 aromatic rings. The number of nitrogens with one attached hydrogen (secondary N) is 2. The second kappa shape index (κ2) is 7.34. The van der Waals surface area contributed by atoms with Gasteiger partial charge in [0.05, 0.1) is 0 Å². The third-order valence-electron chi connectivity index (χ3n) is 4.47. The Morgan fingerprint density at radius 1 is 1.19 bits per heavy atom. The minimum Gasteiger partial charge on any atom is -0.373 e. The molecule has 1 saturated carbocycles. The molecule has 1 heterocycles. The zero-order valence-corrected chi connectivity index (χ0v) is 14.5. The third-order valence-corrected chi connectivity index (χ3v) is 5.89. The van der Waals surface area contributed by atoms with Crippen LogP contribution >= 0.6 is 11.8 Å². The molecule has 0 unspecified atom stereocenters. The Labute approximate surface area is 132 Å². The highest BCUT2D eigenvalue weighted by atomic mass is 32.2. The van der Waals surface area contributed by atoms with Gasteiger partial charge in [-0.1, -0.05) is 33.1 Å². The molecule has 0 saturated heterocycles. The summed E-state index contributed by atoms with van der Waals surface area (Å²) in [6.07, 6.45) is 10.6. The largest absolute Gasteiger partial charge is 0.373 e. The fraction of sp³-hybridized carbons (Fsp3) is 0.750. The summed E-state index contributed by atoms with van der Waals surface area (Å²) in [5.74, 6) is 2.32. The highest BCUT2D eigenvalue weighted by Gasteiger charge is 2.31. The van der Waals surface area contributed by atoms with Gasteiger partial charge in [0.25, 0.3) is 0 Å². The van der Waals surface area contributed by atoms with E-state index in [1.54, 1.807) is 6.33 Å². The summed E-state index contributed by atoms with van der Waals surface area (Å²) in [5.41, 5.74) is 1.19. The van der Waals surface area contributed by atoms with Gasteiger partial charge in [0.2, 0.25) is 0 Å². The van der Waals surface area contributed by atoms with Gasteiger partial charge in [-0.25, -0.2) is 9.97 Å². The van der Waals surface area contributed by atoms with Gasteiger partial charge in [-0.05, 0) is 25.0 Å². The topological polar surface area (TPSA) is 49.8 Å². The Morgan fingerprint density at radius 3 is 2.43 bits per heavy atom. The van der Waals surface area contributed by atoms with E-state index < -0.39 is 0 Å². The molecule has 0 aromatic carbocycles. The van der Waals surface area contributed by atoms with Gasteiger partial charge in [-0.15, -0.1) is 0 Å². The average molecular weight is 308 g/mol. The highest BCUT2D eigenvalue weighted by Crippen LogP contribution is 2.39. The highest BCUT2D eigenvalue weighted by molar-refractivity contribution is 8.00. The molecule has 1 fully saturated rings. The van der Waals surface area contributed by atoms with Crippen molar-refractivity contribution >= 4 is 23.4 Å². The van der Waals surface area contributed by atoms with E-state index in [2.05, 4.69) is 40.7 Å². The normalized spacial score (nSPS) is 17.8. The van der Waals surface area contributed by atoms with Crippen LogP contribution in [0.1, 0.15) is 57.4 Å². The maximum Gasteiger partial charge on any atom is 0.135 e. The first kappa shape index (κ1) is 16.4. The molecule has 4 nitrogen and oxygen atoms in total. The average Bonchev–Trinajstić information content (AvgIpc) is 2.53. The summed E-state index contributed by atoms with van der Waals surface area (Å²) in [7, 11) is 1.92. The summed E-state index contributed by atoms with van der Waals surface area (Å²) < 4.78 is 0.372. The first-order valence-electron chi connectivity index (χ1n) is 7.93. The van der Waals surface area contributed by atoms with Gasteiger partial charge in [0.15, 0.2) is 0 Å². The number of hydrogen-bond donors (Lipinski definition) is 2. The number of anilines is 2. The van der Waals surface area contributed by atoms with E-state index in [-0.39, 0.29) is 0 Å². The molecule has 2 N–H and O–H groups in total. The van der Waals surface area contributed by atoms with Crippen molar-refractivity contribution in [3.05, 3.63) is 11.9 Å². The summed E-state index contributed by atoms with van der Waals surface area (Å²) >= 11 is 2.02. The smallest absolute Gasteiger partial charge is 0.135 e. The van der Waals surface area contributed by atoms with Crippen LogP contribution in [-0.2, 0) is 0 Å². The summed E-state index contributed by atoms with van der Waals surface area (Å²) in [6.45, 7) is 5.37. The number of nitrogens with zero attached hydrogens (tertiary/aromatic N) is 2. The second-order valence-electron chi connectivity index (χ2n) is 6.19. The van der Waals surface area contributed by atoms with E-state index in [0.717, 1.165) is 18.2 Å². The lowest BCUT2D eigenvalue weighted by Gasteiger charge is -2.36. The SMILES string of the molecule is CNc1ncnc(NCC2(SC)CCCCC2)c1C(C)C. The molecule has 2 rings (SSSR count). The first-order valence-corrected chi connectivity index (χ1v) is 9.16. The van der Waals surface area contributed by atoms with E-state index in [1.165, 1.54) is 37.7 Å². The number of thioether (sulfide) groups is 1. The molecular formula is C16H28N4S. The van der Waals surface area contributed by atoms with Gasteiger partial charge in [0.1, 0.15) is 18.0 Å². The van der Waals surface area contributed by atoms with Crippen molar-refractivity contribution < 1.29 is 0 Å². The fourth-order valence-electron chi connectivity index (χ4n) is 3.18. The van der Waals surface area contributed by atoms with Crippen LogP contribution in [0.5, 0.6) is 0 Å². The van der Waals surface area contributed by atoms with Gasteiger partial charge in [-0.2, -0.15) is 11.8 Å². The molecule has 1 aliphatic rings. The van der Waals surface area contributed by atoms with Gasteiger partial charge >= 0.3 is 0 Å². The molecule has 0 radical (unpaired) electrons. The summed E-state index contributed by atoms with van der Waals surface area (Å²) in [5, 5.41) is 6.80. The molecule has 0 bridgehead atoms. The first-order chi connectivity index (χ1) is 10.1. The second-order valence-corrected chi connectivity index (χ2v) is 7.46. The molecule has 0 spiro atoms. The number of rotatable bonds is 6. The van der Waals surface area contributed by atoms with Crippen molar-refractivity contribution in [1.29, 1.82) is 0 Å². The monoisotopic (exact) mass is 308 g/mol. The van der Waals surface area contributed by atoms with Gasteiger partial charge < -0.3 is 10.6 Å². The quantitative estimate of drug-likeness (QED) is 0.828. The Balaban J connectivity index is 2.15. The molecule has 0 aliphatic heterocycles. The Hall–Kier alpha value is -0.970. The van der Waals surface area contributed by atoms with Crippen molar-refractivity contribution in [2.24, 2.45) is 0 Å². The zero-order chi connectivity index (χ0) is 15.3. The molecule has 118 valence electrons. The lowest BCUT2D eigenvalue weighted by Crippen LogP contribution is -2.36. The molecule has 0 atom stereocenters. The third kappa shape index (κ3) is 3.82. The van der Waals surface area contributed by atoms with Crippen LogP contribution in [0.25, 0.3) is 0 Å². The molecule has 5 heteroatoms. The van der Waals surface area contributed by atoms with E-state index in [4.69, 9.17) is 0 Å². The van der Waals surface area contributed by atoms with E-state index in [0.29, 0.717) is 10.7 Å². The summed E-state index contributed by atoms with van der Waals surface area (Å²) in [4.78, 5) is 8.83. The van der Waals surface area contributed by atoms with E-state index in [1.807, 2.05) is 18.8 Å². The van der Waals surface area contributed by atoms with E-state index >= 15 is 0 Å². The van der Waals surface area contributed by atoms with Crippen LogP contribution in [0, 0.1) is 0 Å². The Kier molecular flexibility index (Phi) is 5.73. The zero-order valence-electron chi connectivity index (χ0n) is 13.7. The molecular weight excluding hydrogens is 280 g/mol. The van der Waals surface area contributed by atoms with Crippen molar-refractivity contribution in [3.8, 4) is 0 Å². The molecule has 0 amide bonds. The molecule has 21 heavy (non-hydrogen) atoms. The number of aromatic nitrogens is 2. The molecule has 1 aliphatic carbocycles. The lowest BCUT2D eigenvalue weighted by molar-refractivity contribution is 0.411. The predicted molar refractivity (Wildman–Crippen MR) is 93.5 cm³/mol. The standard InChI is InChI=1S/C16H28N4S/c1-12(2)13-14(17-3)19-11-20-15(13)18-10-16(21-4)8-6-5-7-9-16/h11-12H,5-10H2,1-4H3,(H2,17,18,19,20). The Morgan fingerprint density at radius 2 is 1.86 bits per heavy atom. The van der Waals surface area contributed by atoms with Crippen LogP contribution in [0.4, 0.5) is 11.6 Å². The lowest BCUT2D eigenvalue weighted by atomic mass is 9.88.